The number of Topliss-reactive ketones (excluding diaryl/α,β-unsaturated/α-hetero) is 1. The third-order valence-electron chi connectivity index (χ3n) is 4.46. The fraction of sp³-hybridized carbons (Fsp3) is 0.294. The third-order valence-corrected chi connectivity index (χ3v) is 7.62. The highest BCUT2D eigenvalue weighted by Gasteiger charge is 2.51. The topological polar surface area (TPSA) is 101 Å². The molecular weight excluding hydrogens is 471 g/mol. The van der Waals surface area contributed by atoms with Gasteiger partial charge in [-0.05, 0) is 23.8 Å². The number of ketones is 1. The molecule has 168 valence electrons. The molecule has 2 aromatic rings. The first-order chi connectivity index (χ1) is 14.2. The maximum atomic E-state index is 13.9. The van der Waals surface area contributed by atoms with Crippen LogP contribution in [0.15, 0.2) is 41.4 Å². The number of benzene rings is 1. The highest BCUT2D eigenvalue weighted by molar-refractivity contribution is 7.94. The molecule has 0 saturated heterocycles. The van der Waals surface area contributed by atoms with Crippen LogP contribution in [0.5, 0.6) is 0 Å². The molecule has 0 spiro atoms. The number of anilines is 1. The minimum Gasteiger partial charge on any atom is -0.290 e. The minimum absolute atomic E-state index is 0.124. The van der Waals surface area contributed by atoms with Gasteiger partial charge in [0.25, 0.3) is 6.43 Å². The first-order valence-electron chi connectivity index (χ1n) is 8.36. The van der Waals surface area contributed by atoms with Gasteiger partial charge in [-0.2, -0.15) is 13.2 Å². The van der Waals surface area contributed by atoms with Gasteiger partial charge in [0.1, 0.15) is 5.69 Å². The van der Waals surface area contributed by atoms with Crippen LogP contribution in [0.1, 0.15) is 26.9 Å². The summed E-state index contributed by atoms with van der Waals surface area (Å²) >= 11 is 0. The second kappa shape index (κ2) is 7.51. The summed E-state index contributed by atoms with van der Waals surface area (Å²) in [5.74, 6) is -1.39. The predicted molar refractivity (Wildman–Crippen MR) is 98.1 cm³/mol. The number of sulfonamides is 1. The molecule has 0 fully saturated rings. The van der Waals surface area contributed by atoms with E-state index in [0.29, 0.717) is 18.4 Å². The van der Waals surface area contributed by atoms with Crippen molar-refractivity contribution in [2.75, 3.05) is 17.1 Å². The van der Waals surface area contributed by atoms with Crippen LogP contribution < -0.4 is 4.31 Å². The van der Waals surface area contributed by atoms with Gasteiger partial charge in [0.2, 0.25) is 15.8 Å². The lowest BCUT2D eigenvalue weighted by molar-refractivity contribution is -0.140. The van der Waals surface area contributed by atoms with Gasteiger partial charge in [-0.1, -0.05) is 12.1 Å². The SMILES string of the molecule is CS(=O)(=O)c1cccc(C2C(=O)c3ncccc3N(CC(F)F)S2(=O)=O)c1C(F)(F)F. The number of fused-ring (bicyclic) bond motifs is 1. The van der Waals surface area contributed by atoms with Gasteiger partial charge in [-0.3, -0.25) is 14.1 Å². The average molecular weight is 484 g/mol. The number of rotatable bonds is 4. The van der Waals surface area contributed by atoms with Gasteiger partial charge in [-0.25, -0.2) is 25.6 Å². The van der Waals surface area contributed by atoms with Gasteiger partial charge in [-0.15, -0.1) is 0 Å². The van der Waals surface area contributed by atoms with Crippen LogP contribution >= 0.6 is 0 Å². The van der Waals surface area contributed by atoms with Crippen LogP contribution in [-0.2, 0) is 26.0 Å². The van der Waals surface area contributed by atoms with E-state index in [2.05, 4.69) is 4.98 Å². The van der Waals surface area contributed by atoms with Gasteiger partial charge in [0.05, 0.1) is 22.7 Å². The average Bonchev–Trinajstić information content (AvgIpc) is 2.63. The predicted octanol–water partition coefficient (Wildman–Crippen LogP) is 2.84. The van der Waals surface area contributed by atoms with Crippen molar-refractivity contribution in [3.8, 4) is 0 Å². The molecule has 0 aliphatic carbocycles. The molecule has 1 aromatic heterocycles. The van der Waals surface area contributed by atoms with Crippen LogP contribution in [0.2, 0.25) is 0 Å². The van der Waals surface area contributed by atoms with E-state index in [9.17, 15) is 43.6 Å². The maximum Gasteiger partial charge on any atom is 0.417 e. The fourth-order valence-electron chi connectivity index (χ4n) is 3.32. The molecule has 1 unspecified atom stereocenters. The molecule has 7 nitrogen and oxygen atoms in total. The lowest BCUT2D eigenvalue weighted by atomic mass is 9.99. The number of carbonyl (C=O) groups is 1. The van der Waals surface area contributed by atoms with Gasteiger partial charge in [0, 0.05) is 12.5 Å². The van der Waals surface area contributed by atoms with Crippen LogP contribution in [0.4, 0.5) is 27.6 Å². The molecule has 0 saturated carbocycles. The van der Waals surface area contributed by atoms with Crippen LogP contribution in [0.25, 0.3) is 0 Å². The van der Waals surface area contributed by atoms with Crippen molar-refractivity contribution in [3.63, 3.8) is 0 Å². The van der Waals surface area contributed by atoms with Crippen molar-refractivity contribution in [2.24, 2.45) is 0 Å². The lowest BCUT2D eigenvalue weighted by Gasteiger charge is -2.34. The van der Waals surface area contributed by atoms with E-state index in [-0.39, 0.29) is 4.31 Å². The van der Waals surface area contributed by atoms with Crippen molar-refractivity contribution in [1.29, 1.82) is 0 Å². The van der Waals surface area contributed by atoms with E-state index in [1.807, 2.05) is 0 Å². The molecule has 2 heterocycles. The summed E-state index contributed by atoms with van der Waals surface area (Å²) in [7, 11) is -9.65. The molecule has 0 bridgehead atoms. The van der Waals surface area contributed by atoms with Crippen molar-refractivity contribution in [1.82, 2.24) is 4.98 Å². The van der Waals surface area contributed by atoms with E-state index in [1.165, 1.54) is 6.07 Å². The molecule has 1 aliphatic rings. The summed E-state index contributed by atoms with van der Waals surface area (Å²) in [6.45, 7) is -1.43. The fourth-order valence-corrected chi connectivity index (χ4v) is 6.15. The molecule has 3 rings (SSSR count). The highest BCUT2D eigenvalue weighted by atomic mass is 32.2. The summed E-state index contributed by atoms with van der Waals surface area (Å²) in [6, 6.07) is 4.28. The summed E-state index contributed by atoms with van der Waals surface area (Å²) in [5, 5.41) is -2.62. The van der Waals surface area contributed by atoms with E-state index < -0.39 is 77.4 Å². The molecular formula is C17H13F5N2O5S2. The number of pyridine rings is 1. The molecule has 1 aromatic carbocycles. The number of carbonyl (C=O) groups excluding carboxylic acids is 1. The Morgan fingerprint density at radius 3 is 2.35 bits per heavy atom. The van der Waals surface area contributed by atoms with Crippen molar-refractivity contribution in [2.45, 2.75) is 22.7 Å². The highest BCUT2D eigenvalue weighted by Crippen LogP contribution is 2.45. The zero-order valence-corrected chi connectivity index (χ0v) is 17.1. The number of hydrogen-bond acceptors (Lipinski definition) is 6. The second-order valence-electron chi connectivity index (χ2n) is 6.57. The van der Waals surface area contributed by atoms with E-state index in [1.54, 1.807) is 0 Å². The number of hydrogen-bond donors (Lipinski definition) is 0. The van der Waals surface area contributed by atoms with Gasteiger partial charge < -0.3 is 0 Å². The standard InChI is InChI=1S/C17H13F5N2O5S2/c1-30(26,27)11-6-2-4-9(13(11)17(20,21)22)16-15(25)14-10(5-3-7-23-14)24(8-12(18)19)31(16,28)29/h2-7,12,16H,8H2,1H3. The number of halogens is 5. The quantitative estimate of drug-likeness (QED) is 0.619. The Kier molecular flexibility index (Phi) is 5.59. The van der Waals surface area contributed by atoms with Crippen molar-refractivity contribution >= 4 is 31.3 Å². The monoisotopic (exact) mass is 484 g/mol. The van der Waals surface area contributed by atoms with E-state index in [0.717, 1.165) is 18.3 Å². The molecule has 1 aliphatic heterocycles. The number of sulfone groups is 1. The molecule has 0 radical (unpaired) electrons. The van der Waals surface area contributed by atoms with Gasteiger partial charge in [0.15, 0.2) is 15.1 Å². The zero-order chi connectivity index (χ0) is 23.4. The molecule has 0 amide bonds. The summed E-state index contributed by atoms with van der Waals surface area (Å²) < 4.78 is 118. The van der Waals surface area contributed by atoms with E-state index >= 15 is 0 Å². The Hall–Kier alpha value is -2.61. The smallest absolute Gasteiger partial charge is 0.290 e. The molecule has 14 heteroatoms. The maximum absolute atomic E-state index is 13.9. The molecule has 0 N–H and O–H groups in total. The minimum atomic E-state index is -5.37. The van der Waals surface area contributed by atoms with E-state index in [4.69, 9.17) is 0 Å². The Labute approximate surface area is 173 Å². The number of nitrogens with zero attached hydrogens (tertiary/aromatic N) is 2. The lowest BCUT2D eigenvalue weighted by Crippen LogP contribution is -2.46. The molecule has 31 heavy (non-hydrogen) atoms. The number of alkyl halides is 5. The van der Waals surface area contributed by atoms with Crippen LogP contribution in [0.3, 0.4) is 0 Å². The Morgan fingerprint density at radius 2 is 1.81 bits per heavy atom. The summed E-state index contributed by atoms with van der Waals surface area (Å²) in [5.41, 5.74) is -4.16. The van der Waals surface area contributed by atoms with Gasteiger partial charge >= 0.3 is 6.18 Å². The van der Waals surface area contributed by atoms with Crippen LogP contribution in [0, 0.1) is 0 Å². The second-order valence-corrected chi connectivity index (χ2v) is 10.5. The first kappa shape index (κ1) is 23.1. The van der Waals surface area contributed by atoms with Crippen LogP contribution in [-0.4, -0.2) is 46.8 Å². The Morgan fingerprint density at radius 1 is 1.16 bits per heavy atom. The number of aromatic nitrogens is 1. The first-order valence-corrected chi connectivity index (χ1v) is 11.8. The Bertz CT molecular complexity index is 1260. The summed E-state index contributed by atoms with van der Waals surface area (Å²) in [4.78, 5) is 15.4. The third kappa shape index (κ3) is 4.01. The zero-order valence-electron chi connectivity index (χ0n) is 15.5. The van der Waals surface area contributed by atoms with Crippen molar-refractivity contribution < 1.29 is 43.6 Å². The Balaban J connectivity index is 2.40. The summed E-state index contributed by atoms with van der Waals surface area (Å²) in [6.07, 6.45) is -7.06. The normalized spacial score (nSPS) is 18.9. The largest absolute Gasteiger partial charge is 0.417 e. The van der Waals surface area contributed by atoms with Crippen molar-refractivity contribution in [3.05, 3.63) is 53.3 Å². The molecule has 1 atom stereocenters.